The molecule has 160 valence electrons. The van der Waals surface area contributed by atoms with Crippen LogP contribution in [0.5, 0.6) is 34.5 Å². The van der Waals surface area contributed by atoms with Crippen LogP contribution >= 0.6 is 0 Å². The lowest BCUT2D eigenvalue weighted by Gasteiger charge is -2.33. The highest BCUT2D eigenvalue weighted by molar-refractivity contribution is 5.88. The fourth-order valence-electron chi connectivity index (χ4n) is 4.19. The highest BCUT2D eigenvalue weighted by Crippen LogP contribution is 2.52. The molecule has 0 saturated carbocycles. The number of carbonyl (C=O) groups is 1. The Hall–Kier alpha value is -3.13. The maximum Gasteiger partial charge on any atom is 0.319 e. The number of hydrogen-bond acceptors (Lipinski definition) is 8. The van der Waals surface area contributed by atoms with E-state index in [2.05, 4.69) is 6.92 Å². The molecule has 2 aliphatic heterocycles. The molecule has 8 heteroatoms. The fraction of sp³-hybridized carbons (Fsp3) is 0.409. The van der Waals surface area contributed by atoms with Gasteiger partial charge >= 0.3 is 5.97 Å². The number of ether oxygens (including phenoxy) is 2. The van der Waals surface area contributed by atoms with Crippen LogP contribution in [0.3, 0.4) is 0 Å². The number of phenols is 4. The molecular formula is C22H24O8. The summed E-state index contributed by atoms with van der Waals surface area (Å²) in [6.45, 7) is 2.07. The molecule has 0 saturated heterocycles. The normalized spacial score (nSPS) is 22.2. The molecule has 2 aromatic rings. The van der Waals surface area contributed by atoms with Gasteiger partial charge in [0.25, 0.3) is 0 Å². The van der Waals surface area contributed by atoms with Crippen LogP contribution in [0, 0.1) is 0 Å². The first-order chi connectivity index (χ1) is 14.3. The number of phenolic OH excluding ortho intramolecular Hbond substituents is 4. The summed E-state index contributed by atoms with van der Waals surface area (Å²) < 4.78 is 11.4. The lowest BCUT2D eigenvalue weighted by atomic mass is 9.87. The Morgan fingerprint density at radius 3 is 2.40 bits per heavy atom. The molecular weight excluding hydrogens is 392 g/mol. The highest BCUT2D eigenvalue weighted by Gasteiger charge is 2.42. The maximum absolute atomic E-state index is 12.5. The van der Waals surface area contributed by atoms with Crippen LogP contribution in [-0.2, 0) is 11.2 Å². The number of aliphatic hydroxyl groups is 1. The summed E-state index contributed by atoms with van der Waals surface area (Å²) in [4.78, 5) is 12.5. The van der Waals surface area contributed by atoms with Gasteiger partial charge in [-0.1, -0.05) is 26.2 Å². The Kier molecular flexibility index (Phi) is 5.11. The number of unbranched alkanes of at least 4 members (excludes halogenated alkanes) is 2. The van der Waals surface area contributed by atoms with E-state index in [9.17, 15) is 30.3 Å². The molecule has 0 aliphatic carbocycles. The van der Waals surface area contributed by atoms with Gasteiger partial charge in [0.05, 0.1) is 17.6 Å². The van der Waals surface area contributed by atoms with Gasteiger partial charge < -0.3 is 35.0 Å². The third-order valence-electron chi connectivity index (χ3n) is 5.73. The van der Waals surface area contributed by atoms with Crippen molar-refractivity contribution in [2.24, 2.45) is 0 Å². The quantitative estimate of drug-likeness (QED) is 0.217. The Morgan fingerprint density at radius 2 is 1.73 bits per heavy atom. The average Bonchev–Trinajstić information content (AvgIpc) is 3.01. The first-order valence-electron chi connectivity index (χ1n) is 10.0. The molecule has 0 spiro atoms. The zero-order chi connectivity index (χ0) is 21.6. The second-order valence-corrected chi connectivity index (χ2v) is 7.80. The third-order valence-corrected chi connectivity index (χ3v) is 5.73. The second-order valence-electron chi connectivity index (χ2n) is 7.80. The molecule has 0 radical (unpaired) electrons. The summed E-state index contributed by atoms with van der Waals surface area (Å²) in [6, 6.07) is 3.76. The van der Waals surface area contributed by atoms with E-state index in [1.807, 2.05) is 0 Å². The number of rotatable bonds is 5. The number of carbonyl (C=O) groups excluding carboxylic acids is 1. The van der Waals surface area contributed by atoms with Gasteiger partial charge in [0.1, 0.15) is 17.2 Å². The largest absolute Gasteiger partial charge is 0.507 e. The van der Waals surface area contributed by atoms with Crippen molar-refractivity contribution in [2.75, 3.05) is 0 Å². The molecule has 4 rings (SSSR count). The minimum absolute atomic E-state index is 0.0391. The van der Waals surface area contributed by atoms with Crippen LogP contribution in [0.2, 0.25) is 0 Å². The summed E-state index contributed by atoms with van der Waals surface area (Å²) in [5.74, 6) is -2.33. The smallest absolute Gasteiger partial charge is 0.319 e. The van der Waals surface area contributed by atoms with Crippen LogP contribution < -0.4 is 9.47 Å². The summed E-state index contributed by atoms with van der Waals surface area (Å²) in [5, 5.41) is 50.3. The molecule has 0 aromatic heterocycles. The minimum Gasteiger partial charge on any atom is -0.507 e. The summed E-state index contributed by atoms with van der Waals surface area (Å²) in [6.07, 6.45) is 1.33. The third kappa shape index (κ3) is 3.27. The van der Waals surface area contributed by atoms with Crippen molar-refractivity contribution in [1.29, 1.82) is 0 Å². The zero-order valence-electron chi connectivity index (χ0n) is 16.5. The van der Waals surface area contributed by atoms with Crippen LogP contribution in [-0.4, -0.2) is 37.6 Å². The number of benzene rings is 2. The van der Waals surface area contributed by atoms with Crippen molar-refractivity contribution < 1.29 is 39.8 Å². The van der Waals surface area contributed by atoms with Gasteiger partial charge in [0.15, 0.2) is 23.4 Å². The van der Waals surface area contributed by atoms with E-state index in [1.165, 1.54) is 18.2 Å². The molecule has 0 fully saturated rings. The Morgan fingerprint density at radius 1 is 1.03 bits per heavy atom. The molecule has 30 heavy (non-hydrogen) atoms. The van der Waals surface area contributed by atoms with Crippen LogP contribution in [0.15, 0.2) is 18.2 Å². The number of aromatic hydroxyl groups is 4. The molecule has 0 bridgehead atoms. The molecule has 5 N–H and O–H groups in total. The zero-order valence-corrected chi connectivity index (χ0v) is 16.5. The lowest BCUT2D eigenvalue weighted by Crippen LogP contribution is -2.31. The molecule has 2 aromatic carbocycles. The van der Waals surface area contributed by atoms with Gasteiger partial charge in [-0.05, 0) is 18.6 Å². The second kappa shape index (κ2) is 7.60. The summed E-state index contributed by atoms with van der Waals surface area (Å²) >= 11 is 0. The van der Waals surface area contributed by atoms with E-state index in [0.29, 0.717) is 17.5 Å². The van der Waals surface area contributed by atoms with E-state index in [4.69, 9.17) is 9.47 Å². The number of fused-ring (bicyclic) bond motifs is 3. The van der Waals surface area contributed by atoms with Crippen molar-refractivity contribution in [2.45, 2.75) is 57.2 Å². The van der Waals surface area contributed by atoms with E-state index < -0.39 is 41.3 Å². The van der Waals surface area contributed by atoms with Crippen molar-refractivity contribution >= 4 is 5.97 Å². The predicted molar refractivity (Wildman–Crippen MR) is 105 cm³/mol. The lowest BCUT2D eigenvalue weighted by molar-refractivity contribution is -0.134. The molecule has 2 aliphatic rings. The van der Waals surface area contributed by atoms with E-state index in [-0.39, 0.29) is 29.2 Å². The monoisotopic (exact) mass is 416 g/mol. The van der Waals surface area contributed by atoms with Crippen LogP contribution in [0.25, 0.3) is 0 Å². The van der Waals surface area contributed by atoms with E-state index >= 15 is 0 Å². The SMILES string of the molecule is CCCCC[C@H]1C(=O)Oc2cc(O)c3c(c21)O[C@H](c1cc(O)c(O)c(O)c1)[C@H](O)C3. The first-order valence-corrected chi connectivity index (χ1v) is 10.0. The van der Waals surface area contributed by atoms with Gasteiger partial charge in [-0.3, -0.25) is 4.79 Å². The molecule has 3 atom stereocenters. The van der Waals surface area contributed by atoms with Gasteiger partial charge in [-0.25, -0.2) is 0 Å². The van der Waals surface area contributed by atoms with Crippen LogP contribution in [0.1, 0.15) is 61.3 Å². The molecule has 0 unspecified atom stereocenters. The van der Waals surface area contributed by atoms with Gasteiger partial charge in [-0.2, -0.15) is 0 Å². The topological polar surface area (TPSA) is 137 Å². The predicted octanol–water partition coefficient (Wildman–Crippen LogP) is 3.13. The molecule has 2 heterocycles. The standard InChI is InChI=1S/C22H24O8/c1-2-3-4-5-11-18-17(29-22(11)28)9-13(23)12-8-16(26)20(30-21(12)18)10-6-14(24)19(27)15(25)7-10/h6-7,9,11,16,20,23-27H,2-5,8H2,1H3/t11-,16-,20-/m1/s1. The minimum atomic E-state index is -1.10. The number of hydrogen-bond donors (Lipinski definition) is 5. The van der Waals surface area contributed by atoms with Crippen molar-refractivity contribution in [1.82, 2.24) is 0 Å². The Balaban J connectivity index is 1.76. The maximum atomic E-state index is 12.5. The van der Waals surface area contributed by atoms with Crippen molar-refractivity contribution in [3.8, 4) is 34.5 Å². The van der Waals surface area contributed by atoms with Crippen LogP contribution in [0.4, 0.5) is 0 Å². The first kappa shape index (κ1) is 20.2. The summed E-state index contributed by atoms with van der Waals surface area (Å²) in [5.41, 5.74) is 1.17. The Bertz CT molecular complexity index is 976. The average molecular weight is 416 g/mol. The number of esters is 1. The Labute approximate surface area is 172 Å². The van der Waals surface area contributed by atoms with Gasteiger partial charge in [-0.15, -0.1) is 0 Å². The van der Waals surface area contributed by atoms with Gasteiger partial charge in [0.2, 0.25) is 0 Å². The van der Waals surface area contributed by atoms with E-state index in [0.717, 1.165) is 19.3 Å². The van der Waals surface area contributed by atoms with Crippen molar-refractivity contribution in [3.05, 3.63) is 34.9 Å². The highest BCUT2D eigenvalue weighted by atomic mass is 16.5. The van der Waals surface area contributed by atoms with Crippen molar-refractivity contribution in [3.63, 3.8) is 0 Å². The van der Waals surface area contributed by atoms with E-state index in [1.54, 1.807) is 0 Å². The summed E-state index contributed by atoms with van der Waals surface area (Å²) in [7, 11) is 0. The fourth-order valence-corrected chi connectivity index (χ4v) is 4.19. The molecule has 0 amide bonds. The van der Waals surface area contributed by atoms with Gasteiger partial charge in [0, 0.05) is 23.6 Å². The number of aliphatic hydroxyl groups excluding tert-OH is 1. The molecule has 8 nitrogen and oxygen atoms in total.